The molecule has 9 nitrogen and oxygen atoms in total. The summed E-state index contributed by atoms with van der Waals surface area (Å²) in [6.45, 7) is 17.8. The largest absolute Gasteiger partial charge is 0.493 e. The van der Waals surface area contributed by atoms with Gasteiger partial charge < -0.3 is 9.64 Å². The van der Waals surface area contributed by atoms with Gasteiger partial charge in [-0.3, -0.25) is 10.00 Å². The molecule has 4 aromatic heterocycles. The molecule has 0 aliphatic carbocycles. The number of anilines is 1. The lowest BCUT2D eigenvalue weighted by molar-refractivity contribution is 0.207. The van der Waals surface area contributed by atoms with Crippen LogP contribution in [0, 0.1) is 12.8 Å². The van der Waals surface area contributed by atoms with E-state index in [4.69, 9.17) is 14.8 Å². The number of piperazine rings is 1. The molecule has 1 saturated heterocycles. The predicted molar refractivity (Wildman–Crippen MR) is 145 cm³/mol. The van der Waals surface area contributed by atoms with Gasteiger partial charge in [0.1, 0.15) is 22.0 Å². The van der Waals surface area contributed by atoms with Gasteiger partial charge in [-0.25, -0.2) is 14.5 Å². The zero-order chi connectivity index (χ0) is 25.6. The Morgan fingerprint density at radius 1 is 1.22 bits per heavy atom. The molecule has 1 N–H and O–H groups in total. The maximum atomic E-state index is 5.59. The Hall–Kier alpha value is -2.98. The number of aryl methyl sites for hydroxylation is 1. The van der Waals surface area contributed by atoms with Gasteiger partial charge in [0.05, 0.1) is 18.5 Å². The SMILES string of the molecule is COc1cc(-c2[nH]nc(-c3nc(C)c(N4CCN(CC(C)C)CC4C)s3)c2C(C)C)cn2ncnc12. The van der Waals surface area contributed by atoms with Crippen LogP contribution in [0.4, 0.5) is 5.00 Å². The number of pyridine rings is 1. The molecule has 0 spiro atoms. The van der Waals surface area contributed by atoms with E-state index < -0.39 is 0 Å². The molecule has 5 heterocycles. The highest BCUT2D eigenvalue weighted by Crippen LogP contribution is 2.41. The first-order valence-electron chi connectivity index (χ1n) is 12.7. The number of methoxy groups -OCH3 is 1. The molecule has 1 atom stereocenters. The van der Waals surface area contributed by atoms with Crippen molar-refractivity contribution in [2.24, 2.45) is 5.92 Å². The smallest absolute Gasteiger partial charge is 0.197 e. The highest BCUT2D eigenvalue weighted by Gasteiger charge is 2.29. The van der Waals surface area contributed by atoms with Gasteiger partial charge >= 0.3 is 0 Å². The fraction of sp³-hybridized carbons (Fsp3) is 0.538. The maximum absolute atomic E-state index is 5.59. The van der Waals surface area contributed by atoms with Crippen molar-refractivity contribution >= 4 is 22.0 Å². The van der Waals surface area contributed by atoms with E-state index in [2.05, 4.69) is 66.5 Å². The van der Waals surface area contributed by atoms with Crippen molar-refractivity contribution in [2.75, 3.05) is 38.2 Å². The fourth-order valence-corrected chi connectivity index (χ4v) is 6.45. The van der Waals surface area contributed by atoms with Crippen LogP contribution in [-0.2, 0) is 0 Å². The van der Waals surface area contributed by atoms with Crippen molar-refractivity contribution < 1.29 is 4.74 Å². The average molecular weight is 509 g/mol. The Morgan fingerprint density at radius 2 is 2.03 bits per heavy atom. The number of nitrogens with one attached hydrogen (secondary N) is 1. The second-order valence-corrected chi connectivity index (χ2v) is 11.4. The van der Waals surface area contributed by atoms with Crippen LogP contribution < -0.4 is 9.64 Å². The number of fused-ring (bicyclic) bond motifs is 1. The normalized spacial score (nSPS) is 17.1. The Bertz CT molecular complexity index is 1350. The van der Waals surface area contributed by atoms with Crippen molar-refractivity contribution in [3.05, 3.63) is 29.8 Å². The van der Waals surface area contributed by atoms with Gasteiger partial charge in [-0.1, -0.05) is 39.0 Å². The first-order valence-corrected chi connectivity index (χ1v) is 13.5. The van der Waals surface area contributed by atoms with Gasteiger partial charge in [0.15, 0.2) is 11.4 Å². The van der Waals surface area contributed by atoms with E-state index in [1.54, 1.807) is 23.0 Å². The van der Waals surface area contributed by atoms with E-state index in [1.807, 2.05) is 12.3 Å². The summed E-state index contributed by atoms with van der Waals surface area (Å²) in [5.41, 5.74) is 5.74. The lowest BCUT2D eigenvalue weighted by Gasteiger charge is -2.41. The first-order chi connectivity index (χ1) is 17.3. The molecule has 0 saturated carbocycles. The van der Waals surface area contributed by atoms with Gasteiger partial charge in [-0.05, 0) is 31.7 Å². The van der Waals surface area contributed by atoms with Crippen molar-refractivity contribution in [1.29, 1.82) is 0 Å². The van der Waals surface area contributed by atoms with Crippen LogP contribution in [0.3, 0.4) is 0 Å². The molecule has 1 aliphatic rings. The summed E-state index contributed by atoms with van der Waals surface area (Å²) in [5.74, 6) is 1.61. The van der Waals surface area contributed by atoms with Crippen LogP contribution in [-0.4, -0.2) is 74.0 Å². The number of hydrogen-bond acceptors (Lipinski definition) is 8. The molecule has 0 radical (unpaired) electrons. The molecule has 36 heavy (non-hydrogen) atoms. The third-order valence-corrected chi connectivity index (χ3v) is 8.00. The number of thiazole rings is 1. The van der Waals surface area contributed by atoms with Gasteiger partial charge in [0, 0.05) is 49.5 Å². The number of aromatic amines is 1. The van der Waals surface area contributed by atoms with E-state index >= 15 is 0 Å². The van der Waals surface area contributed by atoms with Crippen molar-refractivity contribution in [2.45, 2.75) is 53.5 Å². The molecular formula is C26H36N8OS. The van der Waals surface area contributed by atoms with Crippen LogP contribution in [0.15, 0.2) is 18.6 Å². The zero-order valence-corrected chi connectivity index (χ0v) is 23.1. The summed E-state index contributed by atoms with van der Waals surface area (Å²) >= 11 is 1.75. The lowest BCUT2D eigenvalue weighted by atomic mass is 9.97. The van der Waals surface area contributed by atoms with Crippen molar-refractivity contribution in [3.63, 3.8) is 0 Å². The number of nitrogens with zero attached hydrogens (tertiary/aromatic N) is 7. The molecule has 5 rings (SSSR count). The van der Waals surface area contributed by atoms with E-state index in [0.717, 1.165) is 59.4 Å². The molecule has 1 fully saturated rings. The molecule has 1 unspecified atom stereocenters. The Balaban J connectivity index is 1.49. The molecular weight excluding hydrogens is 472 g/mol. The third kappa shape index (κ3) is 4.48. The quantitative estimate of drug-likeness (QED) is 0.382. The Morgan fingerprint density at radius 3 is 2.72 bits per heavy atom. The standard InChI is InChI=1S/C26H36N8OS/c1-15(2)11-32-8-9-33(17(5)12-32)26-18(6)29-25(36-26)23-21(16(3)4)22(30-31-23)19-10-20(35-7)24-27-14-28-34(24)13-19/h10,13-17H,8-9,11-12H2,1-7H3,(H,30,31). The van der Waals surface area contributed by atoms with E-state index in [-0.39, 0.29) is 5.92 Å². The molecule has 192 valence electrons. The maximum Gasteiger partial charge on any atom is 0.197 e. The highest BCUT2D eigenvalue weighted by atomic mass is 32.1. The van der Waals surface area contributed by atoms with Crippen LogP contribution in [0.1, 0.15) is 51.8 Å². The summed E-state index contributed by atoms with van der Waals surface area (Å²) in [6.07, 6.45) is 3.50. The minimum Gasteiger partial charge on any atom is -0.493 e. The molecule has 10 heteroatoms. The zero-order valence-electron chi connectivity index (χ0n) is 22.2. The molecule has 0 bridgehead atoms. The summed E-state index contributed by atoms with van der Waals surface area (Å²) < 4.78 is 7.33. The minimum absolute atomic E-state index is 0.248. The number of hydrogen-bond donors (Lipinski definition) is 1. The van der Waals surface area contributed by atoms with E-state index in [9.17, 15) is 0 Å². The number of H-pyrrole nitrogens is 1. The molecule has 0 amide bonds. The number of ether oxygens (including phenoxy) is 1. The van der Waals surface area contributed by atoms with Gasteiger partial charge in [0.2, 0.25) is 0 Å². The van der Waals surface area contributed by atoms with Crippen LogP contribution in [0.25, 0.3) is 27.6 Å². The van der Waals surface area contributed by atoms with E-state index in [0.29, 0.717) is 23.4 Å². The van der Waals surface area contributed by atoms with Gasteiger partial charge in [-0.2, -0.15) is 10.2 Å². The Kier molecular flexibility index (Phi) is 6.74. The monoisotopic (exact) mass is 508 g/mol. The first kappa shape index (κ1) is 24.7. The number of rotatable bonds is 7. The highest BCUT2D eigenvalue weighted by molar-refractivity contribution is 7.19. The second-order valence-electron chi connectivity index (χ2n) is 10.4. The van der Waals surface area contributed by atoms with Gasteiger partial charge in [-0.15, -0.1) is 0 Å². The summed E-state index contributed by atoms with van der Waals surface area (Å²) in [6, 6.07) is 2.44. The number of aromatic nitrogens is 6. The topological polar surface area (TPSA) is 87.5 Å². The summed E-state index contributed by atoms with van der Waals surface area (Å²) in [5, 5.41) is 14.6. The van der Waals surface area contributed by atoms with Gasteiger partial charge in [0.25, 0.3) is 0 Å². The Labute approximate surface area is 216 Å². The van der Waals surface area contributed by atoms with Crippen LogP contribution >= 0.6 is 11.3 Å². The van der Waals surface area contributed by atoms with Crippen molar-refractivity contribution in [3.8, 4) is 27.7 Å². The molecule has 1 aliphatic heterocycles. The average Bonchev–Trinajstić information content (AvgIpc) is 3.56. The summed E-state index contributed by atoms with van der Waals surface area (Å²) in [4.78, 5) is 14.4. The van der Waals surface area contributed by atoms with Crippen LogP contribution in [0.2, 0.25) is 0 Å². The summed E-state index contributed by atoms with van der Waals surface area (Å²) in [7, 11) is 1.65. The van der Waals surface area contributed by atoms with Crippen LogP contribution in [0.5, 0.6) is 5.75 Å². The third-order valence-electron chi connectivity index (χ3n) is 6.80. The second kappa shape index (κ2) is 9.82. The predicted octanol–water partition coefficient (Wildman–Crippen LogP) is 4.85. The molecule has 0 aromatic carbocycles. The van der Waals surface area contributed by atoms with Crippen molar-refractivity contribution in [1.82, 2.24) is 34.7 Å². The fourth-order valence-electron chi connectivity index (χ4n) is 5.25. The van der Waals surface area contributed by atoms with E-state index in [1.165, 1.54) is 11.3 Å². The molecule has 4 aromatic rings. The minimum atomic E-state index is 0.248. The lowest BCUT2D eigenvalue weighted by Crippen LogP contribution is -2.52.